The van der Waals surface area contributed by atoms with Gasteiger partial charge in [-0.2, -0.15) is 0 Å². The molecule has 0 aliphatic carbocycles. The Morgan fingerprint density at radius 1 is 1.08 bits per heavy atom. The number of hydrogen-bond donors (Lipinski definition) is 2. The van der Waals surface area contributed by atoms with E-state index in [2.05, 4.69) is 48.2 Å². The number of fused-ring (bicyclic) bond motifs is 1. The van der Waals surface area contributed by atoms with Crippen LogP contribution in [0.2, 0.25) is 0 Å². The fraction of sp³-hybridized carbons (Fsp3) is 0.429. The highest BCUT2D eigenvalue weighted by atomic mass is 16.3. The molecule has 0 spiro atoms. The predicted molar refractivity (Wildman–Crippen MR) is 98.7 cm³/mol. The second-order valence-corrected chi connectivity index (χ2v) is 7.19. The topological polar surface area (TPSA) is 49.5 Å². The number of β-amino-alcohol motifs (C(OH)–C–C–N with tert-alkyl or cyclic N) is 1. The van der Waals surface area contributed by atoms with Gasteiger partial charge in [-0.25, -0.2) is 0 Å². The lowest BCUT2D eigenvalue weighted by Gasteiger charge is -2.28. The van der Waals surface area contributed by atoms with E-state index in [0.717, 1.165) is 19.5 Å². The van der Waals surface area contributed by atoms with Crippen molar-refractivity contribution in [2.75, 3.05) is 13.1 Å². The van der Waals surface area contributed by atoms with Gasteiger partial charge in [0.05, 0.1) is 6.10 Å². The molecule has 0 saturated carbocycles. The van der Waals surface area contributed by atoms with Crippen molar-refractivity contribution in [1.82, 2.24) is 4.90 Å². The Morgan fingerprint density at radius 2 is 1.75 bits per heavy atom. The van der Waals surface area contributed by atoms with Gasteiger partial charge < -0.3 is 10.8 Å². The first-order valence-electron chi connectivity index (χ1n) is 8.88. The van der Waals surface area contributed by atoms with Crippen LogP contribution in [0, 0.1) is 5.92 Å². The summed E-state index contributed by atoms with van der Waals surface area (Å²) in [6.07, 6.45) is 1.31. The lowest BCUT2D eigenvalue weighted by molar-refractivity contribution is 0.0826. The van der Waals surface area contributed by atoms with Crippen LogP contribution in [0.15, 0.2) is 54.6 Å². The Labute approximate surface area is 145 Å². The highest BCUT2D eigenvalue weighted by molar-refractivity contribution is 5.28. The standard InChI is InChI=1S/C21H28N2O/c1-16-11-18-9-5-6-10-19(18)14-23(13-16)15-21(24)20(22)12-17-7-3-2-4-8-17/h2-10,16,20-21,24H,11-15,22H2,1H3/t16-,20+,21-/m1/s1. The van der Waals surface area contributed by atoms with Gasteiger partial charge in [-0.3, -0.25) is 4.90 Å². The minimum absolute atomic E-state index is 0.235. The van der Waals surface area contributed by atoms with Crippen LogP contribution in [0.4, 0.5) is 0 Å². The van der Waals surface area contributed by atoms with Gasteiger partial charge in [-0.1, -0.05) is 61.5 Å². The van der Waals surface area contributed by atoms with E-state index in [4.69, 9.17) is 5.73 Å². The number of nitrogens with two attached hydrogens (primary N) is 1. The number of rotatable bonds is 5. The third-order valence-corrected chi connectivity index (χ3v) is 4.90. The SMILES string of the molecule is C[C@@H]1Cc2ccccc2CN(C[C@@H](O)[C@@H](N)Cc2ccccc2)C1. The maximum absolute atomic E-state index is 10.6. The van der Waals surface area contributed by atoms with Crippen molar-refractivity contribution in [2.45, 2.75) is 38.5 Å². The minimum Gasteiger partial charge on any atom is -0.390 e. The summed E-state index contributed by atoms with van der Waals surface area (Å²) in [5.41, 5.74) is 10.3. The Kier molecular flexibility index (Phi) is 5.67. The van der Waals surface area contributed by atoms with Crippen molar-refractivity contribution < 1.29 is 5.11 Å². The van der Waals surface area contributed by atoms with Crippen LogP contribution in [0.3, 0.4) is 0 Å². The second kappa shape index (κ2) is 7.93. The maximum Gasteiger partial charge on any atom is 0.0821 e. The van der Waals surface area contributed by atoms with Crippen molar-refractivity contribution >= 4 is 0 Å². The van der Waals surface area contributed by atoms with Gasteiger partial charge in [-0.05, 0) is 35.4 Å². The monoisotopic (exact) mass is 324 g/mol. The van der Waals surface area contributed by atoms with Crippen molar-refractivity contribution in [2.24, 2.45) is 11.7 Å². The predicted octanol–water partition coefficient (Wildman–Crippen LogP) is 2.61. The first-order valence-corrected chi connectivity index (χ1v) is 8.88. The molecule has 1 heterocycles. The summed E-state index contributed by atoms with van der Waals surface area (Å²) in [7, 11) is 0. The summed E-state index contributed by atoms with van der Waals surface area (Å²) in [5.74, 6) is 0.589. The number of benzene rings is 2. The van der Waals surface area contributed by atoms with Crippen molar-refractivity contribution in [3.63, 3.8) is 0 Å². The molecule has 3 N–H and O–H groups in total. The molecule has 3 atom stereocenters. The van der Waals surface area contributed by atoms with E-state index < -0.39 is 6.10 Å². The van der Waals surface area contributed by atoms with Crippen LogP contribution < -0.4 is 5.73 Å². The first kappa shape index (κ1) is 17.2. The molecule has 2 aromatic rings. The molecule has 0 unspecified atom stereocenters. The molecule has 0 bridgehead atoms. The zero-order chi connectivity index (χ0) is 16.9. The van der Waals surface area contributed by atoms with Gasteiger partial charge in [-0.15, -0.1) is 0 Å². The van der Waals surface area contributed by atoms with Gasteiger partial charge in [0.25, 0.3) is 0 Å². The molecule has 0 radical (unpaired) electrons. The summed E-state index contributed by atoms with van der Waals surface area (Å²) in [5, 5.41) is 10.6. The molecular weight excluding hydrogens is 296 g/mol. The molecule has 1 aliphatic heterocycles. The molecule has 3 rings (SSSR count). The highest BCUT2D eigenvalue weighted by Crippen LogP contribution is 2.22. The van der Waals surface area contributed by atoms with Crippen LogP contribution in [0.1, 0.15) is 23.6 Å². The van der Waals surface area contributed by atoms with Crippen LogP contribution in [-0.4, -0.2) is 35.2 Å². The third-order valence-electron chi connectivity index (χ3n) is 4.90. The van der Waals surface area contributed by atoms with Crippen molar-refractivity contribution in [1.29, 1.82) is 0 Å². The molecule has 3 nitrogen and oxygen atoms in total. The van der Waals surface area contributed by atoms with E-state index in [9.17, 15) is 5.11 Å². The molecule has 2 aromatic carbocycles. The second-order valence-electron chi connectivity index (χ2n) is 7.19. The average Bonchev–Trinajstić information content (AvgIpc) is 2.72. The van der Waals surface area contributed by atoms with E-state index in [1.54, 1.807) is 0 Å². The van der Waals surface area contributed by atoms with Crippen LogP contribution >= 0.6 is 0 Å². The zero-order valence-electron chi connectivity index (χ0n) is 14.4. The van der Waals surface area contributed by atoms with E-state index in [0.29, 0.717) is 18.9 Å². The number of aliphatic hydroxyl groups excluding tert-OH is 1. The van der Waals surface area contributed by atoms with Gasteiger partial charge in [0.2, 0.25) is 0 Å². The fourth-order valence-electron chi connectivity index (χ4n) is 3.66. The van der Waals surface area contributed by atoms with Crippen LogP contribution in [0.5, 0.6) is 0 Å². The zero-order valence-corrected chi connectivity index (χ0v) is 14.4. The summed E-state index contributed by atoms with van der Waals surface area (Å²) in [6.45, 7) is 4.82. The van der Waals surface area contributed by atoms with Crippen molar-refractivity contribution in [3.05, 3.63) is 71.3 Å². The Hall–Kier alpha value is -1.68. The number of nitrogens with zero attached hydrogens (tertiary/aromatic N) is 1. The molecule has 0 saturated heterocycles. The number of hydrogen-bond acceptors (Lipinski definition) is 3. The van der Waals surface area contributed by atoms with Gasteiger partial charge in [0, 0.05) is 25.7 Å². The summed E-state index contributed by atoms with van der Waals surface area (Å²) >= 11 is 0. The smallest absolute Gasteiger partial charge is 0.0821 e. The molecule has 0 amide bonds. The molecule has 128 valence electrons. The molecule has 1 aliphatic rings. The minimum atomic E-state index is -0.511. The first-order chi connectivity index (χ1) is 11.6. The van der Waals surface area contributed by atoms with Crippen molar-refractivity contribution in [3.8, 4) is 0 Å². The van der Waals surface area contributed by atoms with Gasteiger partial charge >= 0.3 is 0 Å². The van der Waals surface area contributed by atoms with E-state index in [1.165, 1.54) is 16.7 Å². The van der Waals surface area contributed by atoms with E-state index in [-0.39, 0.29) is 6.04 Å². The van der Waals surface area contributed by atoms with Gasteiger partial charge in [0.1, 0.15) is 0 Å². The largest absolute Gasteiger partial charge is 0.390 e. The molecule has 24 heavy (non-hydrogen) atoms. The average molecular weight is 324 g/mol. The molecule has 0 fully saturated rings. The van der Waals surface area contributed by atoms with Gasteiger partial charge in [0.15, 0.2) is 0 Å². The highest BCUT2D eigenvalue weighted by Gasteiger charge is 2.23. The lowest BCUT2D eigenvalue weighted by Crippen LogP contribution is -2.45. The summed E-state index contributed by atoms with van der Waals surface area (Å²) < 4.78 is 0. The van der Waals surface area contributed by atoms with Crippen LogP contribution in [-0.2, 0) is 19.4 Å². The van der Waals surface area contributed by atoms with Crippen LogP contribution in [0.25, 0.3) is 0 Å². The summed E-state index contributed by atoms with van der Waals surface area (Å²) in [4.78, 5) is 2.35. The summed E-state index contributed by atoms with van der Waals surface area (Å²) in [6, 6.07) is 18.6. The maximum atomic E-state index is 10.6. The lowest BCUT2D eigenvalue weighted by atomic mass is 9.99. The molecule has 3 heteroatoms. The Bertz CT molecular complexity index is 643. The fourth-order valence-corrected chi connectivity index (χ4v) is 3.66. The Morgan fingerprint density at radius 3 is 2.50 bits per heavy atom. The van der Waals surface area contributed by atoms with E-state index in [1.807, 2.05) is 18.2 Å². The number of aliphatic hydroxyl groups is 1. The third kappa shape index (κ3) is 4.44. The molecule has 0 aromatic heterocycles. The Balaban J connectivity index is 1.62. The quantitative estimate of drug-likeness (QED) is 0.889. The normalized spacial score (nSPS) is 20.9. The van der Waals surface area contributed by atoms with E-state index >= 15 is 0 Å². The molecular formula is C21H28N2O.